The summed E-state index contributed by atoms with van der Waals surface area (Å²) in [4.78, 5) is 8.33. The van der Waals surface area contributed by atoms with Gasteiger partial charge in [0.1, 0.15) is 17.8 Å². The molecule has 5 rings (SSSR count). The first-order valence-corrected chi connectivity index (χ1v) is 8.84. The number of rotatable bonds is 4. The smallest absolute Gasteiger partial charge is 0.178 e. The summed E-state index contributed by atoms with van der Waals surface area (Å²) >= 11 is 6.04. The van der Waals surface area contributed by atoms with Crippen LogP contribution < -0.4 is 11.1 Å². The van der Waals surface area contributed by atoms with Crippen molar-refractivity contribution < 1.29 is 0 Å². The van der Waals surface area contributed by atoms with Crippen molar-refractivity contribution >= 4 is 45.6 Å². The Hall–Kier alpha value is -3.72. The van der Waals surface area contributed by atoms with Gasteiger partial charge in [0.05, 0.1) is 11.9 Å². The van der Waals surface area contributed by atoms with Crippen LogP contribution in [0.1, 0.15) is 5.82 Å². The largest absolute Gasteiger partial charge is 0.383 e. The van der Waals surface area contributed by atoms with Crippen LogP contribution in [-0.4, -0.2) is 34.3 Å². The number of nitrogens with two attached hydrogens (primary N) is 1. The van der Waals surface area contributed by atoms with Crippen LogP contribution in [0.15, 0.2) is 55.0 Å². The molecule has 9 nitrogen and oxygen atoms in total. The van der Waals surface area contributed by atoms with Crippen molar-refractivity contribution in [2.45, 2.75) is 6.54 Å². The molecule has 0 amide bonds. The summed E-state index contributed by atoms with van der Waals surface area (Å²) in [6.45, 7) is 0.439. The molecule has 0 aliphatic rings. The van der Waals surface area contributed by atoms with E-state index in [-0.39, 0.29) is 0 Å². The lowest BCUT2D eigenvalue weighted by molar-refractivity contribution is 0.723. The zero-order chi connectivity index (χ0) is 19.1. The lowest BCUT2D eigenvalue weighted by Crippen LogP contribution is -2.07. The molecule has 0 saturated carbocycles. The topological polar surface area (TPSA) is 112 Å². The van der Waals surface area contributed by atoms with Gasteiger partial charge < -0.3 is 15.6 Å². The Morgan fingerprint density at radius 3 is 2.89 bits per heavy atom. The molecule has 0 radical (unpaired) electrons. The van der Waals surface area contributed by atoms with Crippen molar-refractivity contribution in [3.05, 3.63) is 65.8 Å². The average Bonchev–Trinajstić information content (AvgIpc) is 3.28. The summed E-state index contributed by atoms with van der Waals surface area (Å²) < 4.78 is 3.63. The fourth-order valence-electron chi connectivity index (χ4n) is 3.02. The monoisotopic (exact) mass is 391 g/mol. The second-order valence-electron chi connectivity index (χ2n) is 6.18. The van der Waals surface area contributed by atoms with Crippen molar-refractivity contribution in [2.75, 3.05) is 11.1 Å². The number of aromatic nitrogens is 7. The van der Waals surface area contributed by atoms with Crippen LogP contribution in [-0.2, 0) is 6.54 Å². The molecule has 3 N–H and O–H groups in total. The molecule has 10 heteroatoms. The molecule has 1 aromatic carbocycles. The van der Waals surface area contributed by atoms with Gasteiger partial charge in [-0.05, 0) is 36.4 Å². The van der Waals surface area contributed by atoms with Gasteiger partial charge in [-0.3, -0.25) is 0 Å². The Labute approximate surface area is 163 Å². The van der Waals surface area contributed by atoms with Crippen LogP contribution >= 0.6 is 11.6 Å². The van der Waals surface area contributed by atoms with Gasteiger partial charge in [0.15, 0.2) is 17.3 Å². The predicted molar refractivity (Wildman–Crippen MR) is 107 cm³/mol. The summed E-state index contributed by atoms with van der Waals surface area (Å²) in [5, 5.41) is 17.7. The molecular formula is C18H14ClN9. The quantitative estimate of drug-likeness (QED) is 0.484. The number of halogens is 1. The van der Waals surface area contributed by atoms with Gasteiger partial charge >= 0.3 is 0 Å². The Balaban J connectivity index is 1.50. The highest BCUT2D eigenvalue weighted by Gasteiger charge is 2.12. The van der Waals surface area contributed by atoms with E-state index in [4.69, 9.17) is 17.3 Å². The van der Waals surface area contributed by atoms with Crippen molar-refractivity contribution in [3.63, 3.8) is 0 Å². The lowest BCUT2D eigenvalue weighted by Gasteiger charge is -2.07. The van der Waals surface area contributed by atoms with E-state index in [1.165, 1.54) is 6.33 Å². The van der Waals surface area contributed by atoms with Crippen molar-refractivity contribution in [1.29, 1.82) is 0 Å². The standard InChI is InChI=1S/C18H14ClN9/c19-11-2-1-3-12(8-11)23-14-4-5-15-24-25-16(28(15)26-14)9-27-7-6-13-17(20)21-10-22-18(13)27/h1-8,10H,9H2,(H,23,26)(H2,20,21,22). The molecule has 0 atom stereocenters. The molecule has 5 aromatic rings. The van der Waals surface area contributed by atoms with Gasteiger partial charge in [-0.25, -0.2) is 9.97 Å². The van der Waals surface area contributed by atoms with Gasteiger partial charge in [0.25, 0.3) is 0 Å². The van der Waals surface area contributed by atoms with E-state index in [0.717, 1.165) is 16.7 Å². The molecule has 0 spiro atoms. The molecule has 4 heterocycles. The molecule has 0 fully saturated rings. The Morgan fingerprint density at radius 1 is 1.07 bits per heavy atom. The molecule has 0 bridgehead atoms. The Morgan fingerprint density at radius 2 is 2.00 bits per heavy atom. The predicted octanol–water partition coefficient (Wildman–Crippen LogP) is 2.90. The van der Waals surface area contributed by atoms with Gasteiger partial charge in [-0.15, -0.1) is 15.3 Å². The molecular weight excluding hydrogens is 378 g/mol. The van der Waals surface area contributed by atoms with Crippen molar-refractivity contribution in [1.82, 2.24) is 34.3 Å². The van der Waals surface area contributed by atoms with E-state index in [1.54, 1.807) is 4.52 Å². The normalized spacial score (nSPS) is 11.3. The van der Waals surface area contributed by atoms with Gasteiger partial charge in [-0.2, -0.15) is 4.52 Å². The maximum atomic E-state index is 6.04. The zero-order valence-corrected chi connectivity index (χ0v) is 15.2. The number of nitrogens with zero attached hydrogens (tertiary/aromatic N) is 7. The van der Waals surface area contributed by atoms with Crippen LogP contribution in [0, 0.1) is 0 Å². The van der Waals surface area contributed by atoms with Crippen LogP contribution in [0.4, 0.5) is 17.3 Å². The molecule has 28 heavy (non-hydrogen) atoms. The molecule has 0 aliphatic carbocycles. The number of fused-ring (bicyclic) bond motifs is 2. The number of benzene rings is 1. The number of nitrogens with one attached hydrogen (secondary N) is 1. The van der Waals surface area contributed by atoms with E-state index >= 15 is 0 Å². The highest BCUT2D eigenvalue weighted by atomic mass is 35.5. The highest BCUT2D eigenvalue weighted by molar-refractivity contribution is 6.30. The maximum Gasteiger partial charge on any atom is 0.178 e. The minimum absolute atomic E-state index is 0.439. The fourth-order valence-corrected chi connectivity index (χ4v) is 3.21. The fraction of sp³-hybridized carbons (Fsp3) is 0.0556. The Bertz CT molecular complexity index is 1310. The van der Waals surface area contributed by atoms with E-state index in [0.29, 0.717) is 34.7 Å². The summed E-state index contributed by atoms with van der Waals surface area (Å²) in [5.74, 6) is 1.76. The second-order valence-corrected chi connectivity index (χ2v) is 6.62. The third-order valence-corrected chi connectivity index (χ3v) is 4.56. The molecule has 0 unspecified atom stereocenters. The number of hydrogen-bond donors (Lipinski definition) is 2. The minimum atomic E-state index is 0.439. The first kappa shape index (κ1) is 16.5. The van der Waals surface area contributed by atoms with Crippen LogP contribution in [0.2, 0.25) is 5.02 Å². The average molecular weight is 392 g/mol. The zero-order valence-electron chi connectivity index (χ0n) is 14.5. The molecule has 0 aliphatic heterocycles. The lowest BCUT2D eigenvalue weighted by atomic mass is 10.3. The first-order valence-electron chi connectivity index (χ1n) is 8.46. The van der Waals surface area contributed by atoms with E-state index in [9.17, 15) is 0 Å². The van der Waals surface area contributed by atoms with E-state index in [1.807, 2.05) is 53.2 Å². The summed E-state index contributed by atoms with van der Waals surface area (Å²) in [6, 6.07) is 13.0. The van der Waals surface area contributed by atoms with Gasteiger partial charge in [0, 0.05) is 16.9 Å². The number of hydrogen-bond acceptors (Lipinski definition) is 7. The van der Waals surface area contributed by atoms with Gasteiger partial charge in [0.2, 0.25) is 0 Å². The number of anilines is 3. The third-order valence-electron chi connectivity index (χ3n) is 4.32. The van der Waals surface area contributed by atoms with Gasteiger partial charge in [-0.1, -0.05) is 17.7 Å². The minimum Gasteiger partial charge on any atom is -0.383 e. The molecule has 0 saturated heterocycles. The highest BCUT2D eigenvalue weighted by Crippen LogP contribution is 2.20. The SMILES string of the molecule is Nc1ncnc2c1ccn2Cc1nnc2ccc(Nc3cccc(Cl)c3)nn12. The summed E-state index contributed by atoms with van der Waals surface area (Å²) in [5.41, 5.74) is 8.14. The second kappa shape index (κ2) is 6.46. The van der Waals surface area contributed by atoms with E-state index in [2.05, 4.69) is 30.6 Å². The molecule has 4 aromatic heterocycles. The Kier molecular flexibility index (Phi) is 3.80. The third kappa shape index (κ3) is 2.87. The van der Waals surface area contributed by atoms with Crippen molar-refractivity contribution in [2.24, 2.45) is 0 Å². The molecule has 138 valence electrons. The summed E-state index contributed by atoms with van der Waals surface area (Å²) in [6.07, 6.45) is 3.34. The number of nitrogen functional groups attached to an aromatic ring is 1. The van der Waals surface area contributed by atoms with E-state index < -0.39 is 0 Å². The van der Waals surface area contributed by atoms with Crippen molar-refractivity contribution in [3.8, 4) is 0 Å². The van der Waals surface area contributed by atoms with Crippen LogP contribution in [0.5, 0.6) is 0 Å². The maximum absolute atomic E-state index is 6.04. The van der Waals surface area contributed by atoms with Crippen LogP contribution in [0.3, 0.4) is 0 Å². The summed E-state index contributed by atoms with van der Waals surface area (Å²) in [7, 11) is 0. The first-order chi connectivity index (χ1) is 13.7. The van der Waals surface area contributed by atoms with Crippen LogP contribution in [0.25, 0.3) is 16.7 Å².